The third kappa shape index (κ3) is 5.74. The smallest absolute Gasteiger partial charge is 0.324 e. The van der Waals surface area contributed by atoms with Crippen molar-refractivity contribution in [3.63, 3.8) is 0 Å². The molecule has 0 radical (unpaired) electrons. The van der Waals surface area contributed by atoms with Crippen molar-refractivity contribution in [2.24, 2.45) is 0 Å². The van der Waals surface area contributed by atoms with Crippen LogP contribution in [0.2, 0.25) is 0 Å². The molecule has 1 unspecified atom stereocenters. The van der Waals surface area contributed by atoms with Crippen molar-refractivity contribution in [1.29, 1.82) is 0 Å². The maximum Gasteiger partial charge on any atom is 0.324 e. The monoisotopic (exact) mass is 400 g/mol. The molecule has 7 heteroatoms. The summed E-state index contributed by atoms with van der Waals surface area (Å²) in [5.41, 5.74) is 0.685. The summed E-state index contributed by atoms with van der Waals surface area (Å²) in [6, 6.07) is 16.3. The summed E-state index contributed by atoms with van der Waals surface area (Å²) in [4.78, 5) is 26.4. The summed E-state index contributed by atoms with van der Waals surface area (Å²) in [5, 5.41) is 2.88. The van der Waals surface area contributed by atoms with Crippen molar-refractivity contribution in [1.82, 2.24) is 4.90 Å². The van der Waals surface area contributed by atoms with Crippen LogP contribution in [0, 0.1) is 0 Å². The summed E-state index contributed by atoms with van der Waals surface area (Å²) in [6.45, 7) is 2.98. The average Bonchev–Trinajstić information content (AvgIpc) is 2.71. The number of amides is 1. The van der Waals surface area contributed by atoms with Crippen LogP contribution in [0.4, 0.5) is 5.69 Å². The molecule has 2 aromatic carbocycles. The molecule has 2 aromatic rings. The lowest BCUT2D eigenvalue weighted by Gasteiger charge is -2.32. The highest BCUT2D eigenvalue weighted by molar-refractivity contribution is 7.99. The maximum atomic E-state index is 12.4. The van der Waals surface area contributed by atoms with Crippen molar-refractivity contribution >= 4 is 29.3 Å². The van der Waals surface area contributed by atoms with Gasteiger partial charge in [0.2, 0.25) is 5.91 Å². The van der Waals surface area contributed by atoms with E-state index < -0.39 is 0 Å². The Labute approximate surface area is 169 Å². The Kier molecular flexibility index (Phi) is 7.33. The first-order chi connectivity index (χ1) is 13.7. The number of hydrogen-bond acceptors (Lipinski definition) is 6. The minimum absolute atomic E-state index is 0.155. The predicted octanol–water partition coefficient (Wildman–Crippen LogP) is 3.40. The molecule has 0 aromatic heterocycles. The van der Waals surface area contributed by atoms with Crippen LogP contribution in [0.5, 0.6) is 11.5 Å². The average molecular weight is 401 g/mol. The lowest BCUT2D eigenvalue weighted by molar-refractivity contribution is -0.148. The SMILES string of the molecule is CCOC(=O)C1CSCCN1CC(=O)Nc1ccc(Oc2ccccc2)cc1. The van der Waals surface area contributed by atoms with Crippen molar-refractivity contribution in [3.05, 3.63) is 54.6 Å². The van der Waals surface area contributed by atoms with E-state index in [1.807, 2.05) is 47.4 Å². The van der Waals surface area contributed by atoms with Crippen LogP contribution in [0.25, 0.3) is 0 Å². The van der Waals surface area contributed by atoms with Crippen LogP contribution in [0.1, 0.15) is 6.92 Å². The van der Waals surface area contributed by atoms with E-state index in [0.29, 0.717) is 30.3 Å². The number of carbonyl (C=O) groups excluding carboxylic acids is 2. The number of rotatable bonds is 7. The number of esters is 1. The van der Waals surface area contributed by atoms with Crippen LogP contribution in [0.3, 0.4) is 0 Å². The summed E-state index contributed by atoms with van der Waals surface area (Å²) >= 11 is 1.71. The van der Waals surface area contributed by atoms with E-state index in [2.05, 4.69) is 5.32 Å². The van der Waals surface area contributed by atoms with E-state index in [1.54, 1.807) is 30.8 Å². The fourth-order valence-corrected chi connectivity index (χ4v) is 4.00. The van der Waals surface area contributed by atoms with Crippen molar-refractivity contribution in [3.8, 4) is 11.5 Å². The van der Waals surface area contributed by atoms with Gasteiger partial charge < -0.3 is 14.8 Å². The molecule has 1 heterocycles. The predicted molar refractivity (Wildman–Crippen MR) is 111 cm³/mol. The molecule has 0 aliphatic carbocycles. The van der Waals surface area contributed by atoms with Crippen LogP contribution in [-0.2, 0) is 14.3 Å². The summed E-state index contributed by atoms with van der Waals surface area (Å²) in [6.07, 6.45) is 0. The van der Waals surface area contributed by atoms with Crippen molar-refractivity contribution < 1.29 is 19.1 Å². The van der Waals surface area contributed by atoms with Gasteiger partial charge in [-0.25, -0.2) is 0 Å². The zero-order chi connectivity index (χ0) is 19.8. The van der Waals surface area contributed by atoms with Crippen LogP contribution in [-0.4, -0.2) is 54.0 Å². The highest BCUT2D eigenvalue weighted by atomic mass is 32.2. The normalized spacial score (nSPS) is 17.0. The van der Waals surface area contributed by atoms with Crippen LogP contribution >= 0.6 is 11.8 Å². The van der Waals surface area contributed by atoms with Gasteiger partial charge in [0, 0.05) is 23.7 Å². The Morgan fingerprint density at radius 1 is 1.11 bits per heavy atom. The van der Waals surface area contributed by atoms with Gasteiger partial charge in [-0.2, -0.15) is 11.8 Å². The molecule has 3 rings (SSSR count). The lowest BCUT2D eigenvalue weighted by Crippen LogP contribution is -2.50. The zero-order valence-corrected chi connectivity index (χ0v) is 16.6. The molecular formula is C21H24N2O4S. The van der Waals surface area contributed by atoms with E-state index >= 15 is 0 Å². The number of hydrogen-bond donors (Lipinski definition) is 1. The van der Waals surface area contributed by atoms with Gasteiger partial charge in [0.1, 0.15) is 17.5 Å². The van der Waals surface area contributed by atoms with E-state index in [0.717, 1.165) is 11.5 Å². The Morgan fingerprint density at radius 2 is 1.82 bits per heavy atom. The molecule has 0 saturated carbocycles. The van der Waals surface area contributed by atoms with Gasteiger partial charge in [-0.05, 0) is 43.3 Å². The van der Waals surface area contributed by atoms with Gasteiger partial charge in [0.05, 0.1) is 13.2 Å². The van der Waals surface area contributed by atoms with Gasteiger partial charge in [0.25, 0.3) is 0 Å². The van der Waals surface area contributed by atoms with E-state index in [-0.39, 0.29) is 24.5 Å². The fourth-order valence-electron chi connectivity index (χ4n) is 2.90. The van der Waals surface area contributed by atoms with Crippen LogP contribution in [0.15, 0.2) is 54.6 Å². The molecule has 148 valence electrons. The molecule has 0 spiro atoms. The van der Waals surface area contributed by atoms with E-state index in [1.165, 1.54) is 0 Å². The second-order valence-corrected chi connectivity index (χ2v) is 7.45. The maximum absolute atomic E-state index is 12.4. The number of nitrogens with zero attached hydrogens (tertiary/aromatic N) is 1. The number of nitrogens with one attached hydrogen (secondary N) is 1. The third-order valence-corrected chi connectivity index (χ3v) is 5.28. The molecule has 1 aliphatic rings. The fraction of sp³-hybridized carbons (Fsp3) is 0.333. The largest absolute Gasteiger partial charge is 0.465 e. The summed E-state index contributed by atoms with van der Waals surface area (Å²) in [7, 11) is 0. The molecule has 0 bridgehead atoms. The summed E-state index contributed by atoms with van der Waals surface area (Å²) < 4.78 is 10.9. The number of carbonyl (C=O) groups is 2. The number of para-hydroxylation sites is 1. The Bertz CT molecular complexity index is 783. The first-order valence-corrected chi connectivity index (χ1v) is 10.4. The first-order valence-electron chi connectivity index (χ1n) is 9.27. The first kappa shape index (κ1) is 20.2. The second kappa shape index (κ2) is 10.1. The second-order valence-electron chi connectivity index (χ2n) is 6.30. The minimum atomic E-state index is -0.369. The Hall–Kier alpha value is -2.51. The van der Waals surface area contributed by atoms with Gasteiger partial charge in [-0.15, -0.1) is 0 Å². The molecule has 1 N–H and O–H groups in total. The molecule has 6 nitrogen and oxygen atoms in total. The summed E-state index contributed by atoms with van der Waals surface area (Å²) in [5.74, 6) is 2.58. The molecule has 1 atom stereocenters. The van der Waals surface area contributed by atoms with E-state index in [4.69, 9.17) is 9.47 Å². The standard InChI is InChI=1S/C21H24N2O4S/c1-2-26-21(25)19-15-28-13-12-23(19)14-20(24)22-16-8-10-18(11-9-16)27-17-6-4-3-5-7-17/h3-11,19H,2,12-15H2,1H3,(H,22,24). The molecule has 1 saturated heterocycles. The van der Waals surface area contributed by atoms with Gasteiger partial charge in [-0.3, -0.25) is 14.5 Å². The van der Waals surface area contributed by atoms with Gasteiger partial charge >= 0.3 is 5.97 Å². The minimum Gasteiger partial charge on any atom is -0.465 e. The highest BCUT2D eigenvalue weighted by Gasteiger charge is 2.31. The number of benzene rings is 2. The third-order valence-electron chi connectivity index (χ3n) is 4.26. The zero-order valence-electron chi connectivity index (χ0n) is 15.8. The number of anilines is 1. The number of ether oxygens (including phenoxy) is 2. The Morgan fingerprint density at radius 3 is 2.54 bits per heavy atom. The topological polar surface area (TPSA) is 67.9 Å². The van der Waals surface area contributed by atoms with E-state index in [9.17, 15) is 9.59 Å². The molecule has 1 amide bonds. The molecule has 1 aliphatic heterocycles. The molecule has 1 fully saturated rings. The molecule has 28 heavy (non-hydrogen) atoms. The Balaban J connectivity index is 1.54. The molecular weight excluding hydrogens is 376 g/mol. The van der Waals surface area contributed by atoms with Crippen molar-refractivity contribution in [2.45, 2.75) is 13.0 Å². The number of thioether (sulfide) groups is 1. The van der Waals surface area contributed by atoms with Gasteiger partial charge in [-0.1, -0.05) is 18.2 Å². The highest BCUT2D eigenvalue weighted by Crippen LogP contribution is 2.23. The van der Waals surface area contributed by atoms with Gasteiger partial charge in [0.15, 0.2) is 0 Å². The quantitative estimate of drug-likeness (QED) is 0.719. The van der Waals surface area contributed by atoms with Crippen LogP contribution < -0.4 is 10.1 Å². The van der Waals surface area contributed by atoms with Crippen molar-refractivity contribution in [2.75, 3.05) is 36.5 Å². The lowest BCUT2D eigenvalue weighted by atomic mass is 10.2.